The molecule has 142 valence electrons. The van der Waals surface area contributed by atoms with Crippen LogP contribution in [0.5, 0.6) is 0 Å². The lowest BCUT2D eigenvalue weighted by Crippen LogP contribution is -2.67. The molecule has 3 aliphatic heterocycles. The van der Waals surface area contributed by atoms with Crippen LogP contribution in [0.3, 0.4) is 0 Å². The van der Waals surface area contributed by atoms with Crippen molar-refractivity contribution < 1.29 is 9.53 Å². The third kappa shape index (κ3) is 2.36. The van der Waals surface area contributed by atoms with Gasteiger partial charge in [-0.25, -0.2) is 0 Å². The Balaban J connectivity index is 1.43. The second kappa shape index (κ2) is 5.76. The molecular weight excluding hydrogens is 408 g/mol. The van der Waals surface area contributed by atoms with Gasteiger partial charge in [-0.1, -0.05) is 0 Å². The number of nitriles is 1. The van der Waals surface area contributed by atoms with Gasteiger partial charge >= 0.3 is 0 Å². The number of piperidine rings is 1. The number of hydrogen-bond donors (Lipinski definition) is 0. The average Bonchev–Trinajstić information content (AvgIpc) is 3.06. The van der Waals surface area contributed by atoms with Crippen LogP contribution < -0.4 is 4.90 Å². The van der Waals surface area contributed by atoms with E-state index in [0.717, 1.165) is 41.8 Å². The Morgan fingerprint density at radius 2 is 2.15 bits per heavy atom. The fourth-order valence-corrected chi connectivity index (χ4v) is 5.71. The van der Waals surface area contributed by atoms with Crippen molar-refractivity contribution in [3.8, 4) is 6.07 Å². The molecule has 1 aromatic rings. The van der Waals surface area contributed by atoms with E-state index in [2.05, 4.69) is 31.9 Å². The molecule has 0 aromatic carbocycles. The summed E-state index contributed by atoms with van der Waals surface area (Å²) in [5.74, 6) is 0.0857. The van der Waals surface area contributed by atoms with Gasteiger partial charge in [-0.2, -0.15) is 5.26 Å². The van der Waals surface area contributed by atoms with Crippen molar-refractivity contribution in [3.05, 3.63) is 22.4 Å². The van der Waals surface area contributed by atoms with E-state index < -0.39 is 11.0 Å². The molecule has 0 radical (unpaired) electrons. The highest BCUT2D eigenvalue weighted by Gasteiger charge is 2.59. The zero-order valence-corrected chi connectivity index (χ0v) is 17.2. The molecule has 0 N–H and O–H groups in total. The fourth-order valence-electron chi connectivity index (χ4n) is 5.39. The first-order chi connectivity index (χ1) is 12.9. The molecular formula is C20H23BrN4O2. The van der Waals surface area contributed by atoms with Gasteiger partial charge in [0.25, 0.3) is 0 Å². The molecule has 1 saturated carbocycles. The zero-order chi connectivity index (χ0) is 19.0. The quantitative estimate of drug-likeness (QED) is 0.721. The maximum atomic E-state index is 13.2. The van der Waals surface area contributed by atoms with Crippen LogP contribution in [0.1, 0.15) is 45.2 Å². The third-order valence-electron chi connectivity index (χ3n) is 6.90. The summed E-state index contributed by atoms with van der Waals surface area (Å²) in [7, 11) is 0. The van der Waals surface area contributed by atoms with E-state index in [1.165, 1.54) is 0 Å². The number of carbonyl (C=O) groups is 1. The number of likely N-dealkylation sites (tertiary alicyclic amines) is 1. The molecule has 0 spiro atoms. The van der Waals surface area contributed by atoms with Crippen molar-refractivity contribution in [3.63, 3.8) is 0 Å². The zero-order valence-electron chi connectivity index (χ0n) is 15.6. The largest absolute Gasteiger partial charge is 0.376 e. The van der Waals surface area contributed by atoms with E-state index in [1.54, 1.807) is 6.20 Å². The van der Waals surface area contributed by atoms with Crippen LogP contribution in [-0.2, 0) is 14.9 Å². The minimum atomic E-state index is -0.626. The summed E-state index contributed by atoms with van der Waals surface area (Å²) in [5.41, 5.74) is 0.619. The number of amides is 1. The summed E-state index contributed by atoms with van der Waals surface area (Å²) in [6.07, 6.45) is 5.54. The second-order valence-electron chi connectivity index (χ2n) is 8.85. The predicted molar refractivity (Wildman–Crippen MR) is 103 cm³/mol. The Labute approximate surface area is 167 Å². The lowest BCUT2D eigenvalue weighted by Gasteiger charge is -2.54. The van der Waals surface area contributed by atoms with Gasteiger partial charge in [0.2, 0.25) is 5.91 Å². The number of halogens is 1. The molecule has 2 saturated heterocycles. The van der Waals surface area contributed by atoms with Crippen LogP contribution >= 0.6 is 15.9 Å². The normalized spacial score (nSPS) is 37.0. The van der Waals surface area contributed by atoms with Crippen molar-refractivity contribution in [2.45, 2.75) is 68.7 Å². The first-order valence-corrected chi connectivity index (χ1v) is 10.4. The number of nitrogens with zero attached hydrogens (tertiary/aromatic N) is 4. The Hall–Kier alpha value is -1.49. The monoisotopic (exact) mass is 430 g/mol. The molecule has 4 heterocycles. The van der Waals surface area contributed by atoms with Crippen molar-refractivity contribution in [1.82, 2.24) is 9.88 Å². The molecule has 1 unspecified atom stereocenters. The predicted octanol–water partition coefficient (Wildman–Crippen LogP) is 2.76. The minimum Gasteiger partial charge on any atom is -0.376 e. The van der Waals surface area contributed by atoms with Gasteiger partial charge < -0.3 is 9.64 Å². The van der Waals surface area contributed by atoms with Gasteiger partial charge in [-0.3, -0.25) is 14.7 Å². The molecule has 3 fully saturated rings. The number of aromatic nitrogens is 1. The summed E-state index contributed by atoms with van der Waals surface area (Å²) in [5, 5.41) is 10.0. The molecule has 5 rings (SSSR count). The van der Waals surface area contributed by atoms with E-state index in [1.807, 2.05) is 24.8 Å². The maximum Gasteiger partial charge on any atom is 0.239 e. The number of rotatable bonds is 2. The van der Waals surface area contributed by atoms with Crippen molar-refractivity contribution in [2.24, 2.45) is 0 Å². The smallest absolute Gasteiger partial charge is 0.239 e. The van der Waals surface area contributed by atoms with Gasteiger partial charge in [0.05, 0.1) is 35.6 Å². The SMILES string of the molecule is CC1(C)C(=O)N(C2CC(C#N)(N3CCC4C[C@H]3CO4)C2)c2cc(Br)cnc21. The van der Waals surface area contributed by atoms with E-state index in [-0.39, 0.29) is 11.9 Å². The highest BCUT2D eigenvalue weighted by Crippen LogP contribution is 2.50. The molecule has 27 heavy (non-hydrogen) atoms. The number of carbonyl (C=O) groups excluding carboxylic acids is 1. The molecule has 4 aliphatic rings. The summed E-state index contributed by atoms with van der Waals surface area (Å²) in [6.45, 7) is 5.52. The van der Waals surface area contributed by atoms with E-state index >= 15 is 0 Å². The summed E-state index contributed by atoms with van der Waals surface area (Å²) < 4.78 is 6.69. The van der Waals surface area contributed by atoms with Gasteiger partial charge in [-0.05, 0) is 48.7 Å². The topological polar surface area (TPSA) is 69.5 Å². The Bertz CT molecular complexity index is 858. The highest BCUT2D eigenvalue weighted by atomic mass is 79.9. The van der Waals surface area contributed by atoms with Gasteiger partial charge in [0.15, 0.2) is 0 Å². The molecule has 1 aliphatic carbocycles. The Kier molecular flexibility index (Phi) is 3.75. The Morgan fingerprint density at radius 1 is 1.37 bits per heavy atom. The molecule has 1 aromatic heterocycles. The van der Waals surface area contributed by atoms with Crippen LogP contribution in [0.4, 0.5) is 5.69 Å². The highest BCUT2D eigenvalue weighted by molar-refractivity contribution is 9.10. The second-order valence-corrected chi connectivity index (χ2v) is 9.77. The van der Waals surface area contributed by atoms with E-state index in [4.69, 9.17) is 4.74 Å². The summed E-state index contributed by atoms with van der Waals surface area (Å²) in [6, 6.07) is 4.98. The molecule has 1 amide bonds. The van der Waals surface area contributed by atoms with Crippen LogP contribution in [0.25, 0.3) is 0 Å². The maximum absolute atomic E-state index is 13.2. The Morgan fingerprint density at radius 3 is 2.89 bits per heavy atom. The molecule has 6 nitrogen and oxygen atoms in total. The lowest BCUT2D eigenvalue weighted by atomic mass is 9.70. The van der Waals surface area contributed by atoms with Gasteiger partial charge in [-0.15, -0.1) is 0 Å². The number of pyridine rings is 1. The first-order valence-electron chi connectivity index (χ1n) is 9.65. The van der Waals surface area contributed by atoms with E-state index in [0.29, 0.717) is 25.0 Å². The van der Waals surface area contributed by atoms with Crippen LogP contribution in [0.15, 0.2) is 16.7 Å². The van der Waals surface area contributed by atoms with Gasteiger partial charge in [0.1, 0.15) is 5.54 Å². The van der Waals surface area contributed by atoms with Crippen molar-refractivity contribution in [1.29, 1.82) is 5.26 Å². The van der Waals surface area contributed by atoms with Crippen LogP contribution in [0.2, 0.25) is 0 Å². The molecule has 2 bridgehead atoms. The number of ether oxygens (including phenoxy) is 1. The number of anilines is 1. The van der Waals surface area contributed by atoms with E-state index in [9.17, 15) is 10.1 Å². The first kappa shape index (κ1) is 17.6. The van der Waals surface area contributed by atoms with Gasteiger partial charge in [0, 0.05) is 42.1 Å². The summed E-state index contributed by atoms with van der Waals surface area (Å²) in [4.78, 5) is 22.0. The minimum absolute atomic E-state index is 0.0498. The van der Waals surface area contributed by atoms with Crippen molar-refractivity contribution >= 4 is 27.5 Å². The molecule has 7 heteroatoms. The number of hydrogen-bond acceptors (Lipinski definition) is 5. The molecule has 2 atom stereocenters. The lowest BCUT2D eigenvalue weighted by molar-refractivity contribution is -0.123. The average molecular weight is 431 g/mol. The standard InChI is InChI=1S/C20H23BrN4O2/c1-19(2)17-16(5-12(21)9-23-17)25(18(19)26)14-7-20(8-14,11-22)24-4-3-15-6-13(24)10-27-15/h5,9,13-15H,3-4,6-8,10H2,1-2H3/t13-,14?,15?,20?/m0/s1. The third-order valence-corrected chi connectivity index (χ3v) is 7.33. The number of fused-ring (bicyclic) bond motifs is 3. The summed E-state index contributed by atoms with van der Waals surface area (Å²) >= 11 is 3.48. The fraction of sp³-hybridized carbons (Fsp3) is 0.650. The van der Waals surface area contributed by atoms with Crippen LogP contribution in [-0.4, -0.2) is 52.7 Å². The van der Waals surface area contributed by atoms with Crippen LogP contribution in [0, 0.1) is 11.3 Å². The van der Waals surface area contributed by atoms with Crippen molar-refractivity contribution in [2.75, 3.05) is 18.1 Å².